The number of benzene rings is 1. The van der Waals surface area contributed by atoms with Crippen LogP contribution in [-0.4, -0.2) is 22.3 Å². The van der Waals surface area contributed by atoms with Gasteiger partial charge in [0.1, 0.15) is 5.75 Å². The topological polar surface area (TPSA) is 86.7 Å². The van der Waals surface area contributed by atoms with Crippen molar-refractivity contribution in [1.82, 2.24) is 0 Å². The normalized spacial score (nSPS) is 9.64. The van der Waals surface area contributed by atoms with Crippen LogP contribution in [0.5, 0.6) is 5.75 Å². The summed E-state index contributed by atoms with van der Waals surface area (Å²) in [6, 6.07) is 3.95. The Kier molecular flexibility index (Phi) is 2.02. The summed E-state index contributed by atoms with van der Waals surface area (Å²) in [5.41, 5.74) is 5.71. The molecule has 0 bridgehead atoms. The van der Waals surface area contributed by atoms with Crippen molar-refractivity contribution in [3.8, 4) is 5.75 Å². The summed E-state index contributed by atoms with van der Waals surface area (Å²) >= 11 is 0. The highest BCUT2D eigenvalue weighted by Gasteiger charge is 2.13. The van der Waals surface area contributed by atoms with E-state index in [0.717, 1.165) is 0 Å². The highest BCUT2D eigenvalue weighted by molar-refractivity contribution is 6.60. The van der Waals surface area contributed by atoms with Crippen molar-refractivity contribution < 1.29 is 15.2 Å². The molecule has 1 aromatic carbocycles. The summed E-state index contributed by atoms with van der Waals surface area (Å²) in [5, 5.41) is 26.3. The Bertz CT molecular complexity index is 264. The second kappa shape index (κ2) is 2.81. The number of phenols is 1. The third-order valence-corrected chi connectivity index (χ3v) is 1.35. The summed E-state index contributed by atoms with van der Waals surface area (Å²) in [6.45, 7) is 0. The molecule has 0 atom stereocenters. The van der Waals surface area contributed by atoms with E-state index in [4.69, 9.17) is 20.9 Å². The number of phenolic OH excluding ortho intramolecular Hbond substituents is 1. The fourth-order valence-corrected chi connectivity index (χ4v) is 0.797. The first-order valence-corrected chi connectivity index (χ1v) is 3.06. The Labute approximate surface area is 64.0 Å². The van der Waals surface area contributed by atoms with E-state index in [1.54, 1.807) is 0 Å². The lowest BCUT2D eigenvalue weighted by Crippen LogP contribution is -2.31. The van der Waals surface area contributed by atoms with E-state index >= 15 is 0 Å². The van der Waals surface area contributed by atoms with Crippen LogP contribution in [0.1, 0.15) is 0 Å². The predicted molar refractivity (Wildman–Crippen MR) is 42.3 cm³/mol. The predicted octanol–water partition coefficient (Wildman–Crippen LogP) is -1.35. The van der Waals surface area contributed by atoms with E-state index in [0.29, 0.717) is 0 Å². The Morgan fingerprint density at radius 1 is 1.27 bits per heavy atom. The average molecular weight is 153 g/mol. The Balaban J connectivity index is 3.09. The van der Waals surface area contributed by atoms with Gasteiger partial charge in [-0.05, 0) is 6.07 Å². The van der Waals surface area contributed by atoms with Crippen molar-refractivity contribution in [2.24, 2.45) is 0 Å². The summed E-state index contributed by atoms with van der Waals surface area (Å²) in [6.07, 6.45) is 0. The molecule has 0 spiro atoms. The third kappa shape index (κ3) is 1.63. The summed E-state index contributed by atoms with van der Waals surface area (Å²) in [7, 11) is -1.59. The van der Waals surface area contributed by atoms with Gasteiger partial charge in [0.05, 0.1) is 0 Å². The molecule has 0 aliphatic rings. The molecule has 1 rings (SSSR count). The van der Waals surface area contributed by atoms with Crippen molar-refractivity contribution in [2.75, 3.05) is 5.73 Å². The number of nitrogen functional groups attached to an aromatic ring is 1. The highest BCUT2D eigenvalue weighted by Crippen LogP contribution is 2.10. The number of nitrogens with two attached hydrogens (primary N) is 1. The zero-order chi connectivity index (χ0) is 8.43. The second-order valence-electron chi connectivity index (χ2n) is 2.19. The molecule has 0 radical (unpaired) electrons. The van der Waals surface area contributed by atoms with Gasteiger partial charge in [-0.2, -0.15) is 0 Å². The lowest BCUT2D eigenvalue weighted by Gasteiger charge is -2.03. The maximum absolute atomic E-state index is 8.88. The maximum Gasteiger partial charge on any atom is 0.490 e. The van der Waals surface area contributed by atoms with Crippen LogP contribution in [0.15, 0.2) is 18.2 Å². The highest BCUT2D eigenvalue weighted by atomic mass is 16.4. The lowest BCUT2D eigenvalue weighted by molar-refractivity contribution is 0.426. The zero-order valence-electron chi connectivity index (χ0n) is 5.73. The molecule has 5 heteroatoms. The van der Waals surface area contributed by atoms with Crippen LogP contribution < -0.4 is 11.2 Å². The molecule has 1 aromatic rings. The van der Waals surface area contributed by atoms with E-state index < -0.39 is 7.12 Å². The molecule has 0 amide bonds. The number of hydrogen-bond donors (Lipinski definition) is 4. The molecule has 0 aromatic heterocycles. The molecule has 5 N–H and O–H groups in total. The number of rotatable bonds is 1. The average Bonchev–Trinajstić information content (AvgIpc) is 1.85. The van der Waals surface area contributed by atoms with E-state index in [1.807, 2.05) is 0 Å². The SMILES string of the molecule is Nc1cc(O)ccc1B(O)O. The van der Waals surface area contributed by atoms with Crippen LogP contribution in [-0.2, 0) is 0 Å². The molecule has 11 heavy (non-hydrogen) atoms. The van der Waals surface area contributed by atoms with Gasteiger partial charge in [0.25, 0.3) is 0 Å². The van der Waals surface area contributed by atoms with Gasteiger partial charge in [-0.25, -0.2) is 0 Å². The standard InChI is InChI=1S/C6H8BNO3/c8-6-3-4(9)1-2-5(6)7(10)11/h1-3,9-11H,8H2. The van der Waals surface area contributed by atoms with Crippen LogP contribution in [0.2, 0.25) is 0 Å². The lowest BCUT2D eigenvalue weighted by atomic mass is 9.79. The van der Waals surface area contributed by atoms with Crippen molar-refractivity contribution >= 4 is 18.3 Å². The molecule has 0 unspecified atom stereocenters. The fraction of sp³-hybridized carbons (Fsp3) is 0. The van der Waals surface area contributed by atoms with Gasteiger partial charge in [-0.3, -0.25) is 0 Å². The molecular weight excluding hydrogens is 145 g/mol. The second-order valence-corrected chi connectivity index (χ2v) is 2.19. The van der Waals surface area contributed by atoms with Gasteiger partial charge in [-0.1, -0.05) is 6.07 Å². The van der Waals surface area contributed by atoms with Gasteiger partial charge in [-0.15, -0.1) is 0 Å². The Morgan fingerprint density at radius 2 is 1.91 bits per heavy atom. The van der Waals surface area contributed by atoms with Crippen molar-refractivity contribution in [2.45, 2.75) is 0 Å². The smallest absolute Gasteiger partial charge is 0.490 e. The molecule has 4 nitrogen and oxygen atoms in total. The van der Waals surface area contributed by atoms with Gasteiger partial charge in [0.2, 0.25) is 0 Å². The molecule has 0 saturated heterocycles. The molecule has 0 heterocycles. The number of aromatic hydroxyl groups is 1. The van der Waals surface area contributed by atoms with E-state index in [9.17, 15) is 0 Å². The summed E-state index contributed by atoms with van der Waals surface area (Å²) < 4.78 is 0. The molecule has 0 fully saturated rings. The Hall–Kier alpha value is -1.20. The summed E-state index contributed by atoms with van der Waals surface area (Å²) in [4.78, 5) is 0. The first-order chi connectivity index (χ1) is 5.11. The molecular formula is C6H8BNO3. The molecule has 0 aliphatic carbocycles. The van der Waals surface area contributed by atoms with E-state index in [1.165, 1.54) is 18.2 Å². The largest absolute Gasteiger partial charge is 0.508 e. The summed E-state index contributed by atoms with van der Waals surface area (Å²) in [5.74, 6) is 0.00639. The minimum absolute atomic E-state index is 0.00639. The van der Waals surface area contributed by atoms with E-state index in [2.05, 4.69) is 0 Å². The maximum atomic E-state index is 8.88. The monoisotopic (exact) mass is 153 g/mol. The fourth-order valence-electron chi connectivity index (χ4n) is 0.797. The third-order valence-electron chi connectivity index (χ3n) is 1.35. The quantitative estimate of drug-likeness (QED) is 0.297. The molecule has 0 aliphatic heterocycles. The molecule has 0 saturated carbocycles. The van der Waals surface area contributed by atoms with Crippen LogP contribution in [0.25, 0.3) is 0 Å². The first-order valence-electron chi connectivity index (χ1n) is 3.06. The van der Waals surface area contributed by atoms with E-state index in [-0.39, 0.29) is 16.9 Å². The van der Waals surface area contributed by atoms with Gasteiger partial charge < -0.3 is 20.9 Å². The van der Waals surface area contributed by atoms with Crippen LogP contribution in [0.3, 0.4) is 0 Å². The van der Waals surface area contributed by atoms with Crippen LogP contribution >= 0.6 is 0 Å². The van der Waals surface area contributed by atoms with Crippen LogP contribution in [0.4, 0.5) is 5.69 Å². The Morgan fingerprint density at radius 3 is 2.36 bits per heavy atom. The van der Waals surface area contributed by atoms with Crippen molar-refractivity contribution in [1.29, 1.82) is 0 Å². The van der Waals surface area contributed by atoms with Crippen LogP contribution in [0, 0.1) is 0 Å². The van der Waals surface area contributed by atoms with Gasteiger partial charge in [0.15, 0.2) is 0 Å². The van der Waals surface area contributed by atoms with Crippen molar-refractivity contribution in [3.05, 3.63) is 18.2 Å². The molecule has 58 valence electrons. The number of anilines is 1. The van der Waals surface area contributed by atoms with Gasteiger partial charge in [0, 0.05) is 17.2 Å². The number of hydrogen-bond acceptors (Lipinski definition) is 4. The first kappa shape index (κ1) is 7.91. The minimum Gasteiger partial charge on any atom is -0.508 e. The zero-order valence-corrected chi connectivity index (χ0v) is 5.73. The minimum atomic E-state index is -1.59. The van der Waals surface area contributed by atoms with Crippen molar-refractivity contribution in [3.63, 3.8) is 0 Å². The van der Waals surface area contributed by atoms with Gasteiger partial charge >= 0.3 is 7.12 Å².